The number of aliphatic hydroxyl groups excluding tert-OH is 2. The lowest BCUT2D eigenvalue weighted by Gasteiger charge is -2.19. The minimum Gasteiger partial charge on any atom is -0.389 e. The van der Waals surface area contributed by atoms with Gasteiger partial charge in [0, 0.05) is 12.1 Å². The van der Waals surface area contributed by atoms with E-state index < -0.39 is 12.2 Å². The molecule has 2 aliphatic rings. The van der Waals surface area contributed by atoms with E-state index in [4.69, 9.17) is 0 Å². The topological polar surface area (TPSA) is 52.5 Å². The molecule has 0 radical (unpaired) electrons. The van der Waals surface area contributed by atoms with Gasteiger partial charge in [0.05, 0.1) is 12.2 Å². The predicted molar refractivity (Wildman–Crippen MR) is 32.0 cm³/mol. The van der Waals surface area contributed by atoms with E-state index in [1.54, 1.807) is 0 Å². The van der Waals surface area contributed by atoms with Gasteiger partial charge in [0.25, 0.3) is 0 Å². The van der Waals surface area contributed by atoms with Crippen molar-refractivity contribution < 1.29 is 10.2 Å². The van der Waals surface area contributed by atoms with Crippen LogP contribution < -0.4 is 5.32 Å². The van der Waals surface area contributed by atoms with Gasteiger partial charge in [-0.15, -0.1) is 0 Å². The summed E-state index contributed by atoms with van der Waals surface area (Å²) < 4.78 is 0. The lowest BCUT2D eigenvalue weighted by Crippen LogP contribution is -2.36. The van der Waals surface area contributed by atoms with Crippen molar-refractivity contribution in [2.75, 3.05) is 0 Å². The summed E-state index contributed by atoms with van der Waals surface area (Å²) in [4.78, 5) is 0. The molecule has 3 heteroatoms. The van der Waals surface area contributed by atoms with Crippen LogP contribution in [0, 0.1) is 0 Å². The highest BCUT2D eigenvalue weighted by Gasteiger charge is 2.45. The summed E-state index contributed by atoms with van der Waals surface area (Å²) in [5, 5.41) is 21.5. The molecule has 2 saturated heterocycles. The standard InChI is InChI=1S/C6H11NO2/c8-5-3-1-2-4(7-3)6(5)9/h3-9H,1-2H2. The van der Waals surface area contributed by atoms with Gasteiger partial charge in [0.15, 0.2) is 0 Å². The number of hydrogen-bond acceptors (Lipinski definition) is 3. The first kappa shape index (κ1) is 5.65. The Morgan fingerprint density at radius 2 is 1.44 bits per heavy atom. The van der Waals surface area contributed by atoms with Crippen molar-refractivity contribution in [2.45, 2.75) is 37.1 Å². The fraction of sp³-hybridized carbons (Fsp3) is 1.00. The molecule has 0 spiro atoms. The quantitative estimate of drug-likeness (QED) is 0.387. The SMILES string of the molecule is OC1C2CCC(N2)C1O. The maximum Gasteiger partial charge on any atom is 0.0967 e. The number of hydrogen-bond donors (Lipinski definition) is 3. The second kappa shape index (κ2) is 1.68. The van der Waals surface area contributed by atoms with E-state index in [9.17, 15) is 10.2 Å². The highest BCUT2D eigenvalue weighted by molar-refractivity contribution is 5.03. The van der Waals surface area contributed by atoms with Gasteiger partial charge in [-0.2, -0.15) is 0 Å². The maximum atomic E-state index is 9.18. The lowest BCUT2D eigenvalue weighted by molar-refractivity contribution is 0.0123. The van der Waals surface area contributed by atoms with Crippen molar-refractivity contribution in [3.63, 3.8) is 0 Å². The molecular weight excluding hydrogens is 118 g/mol. The summed E-state index contributed by atoms with van der Waals surface area (Å²) in [6.07, 6.45) is 1.01. The third kappa shape index (κ3) is 0.625. The van der Waals surface area contributed by atoms with Crippen LogP contribution in [0.4, 0.5) is 0 Å². The fourth-order valence-electron chi connectivity index (χ4n) is 1.82. The molecule has 2 aliphatic heterocycles. The minimum absolute atomic E-state index is 0.171. The molecule has 2 heterocycles. The van der Waals surface area contributed by atoms with Gasteiger partial charge < -0.3 is 15.5 Å². The van der Waals surface area contributed by atoms with E-state index in [-0.39, 0.29) is 12.1 Å². The fourth-order valence-corrected chi connectivity index (χ4v) is 1.82. The molecule has 0 aromatic carbocycles. The zero-order valence-electron chi connectivity index (χ0n) is 5.12. The first-order chi connectivity index (χ1) is 4.29. The normalized spacial score (nSPS) is 56.7. The Labute approximate surface area is 53.7 Å². The zero-order chi connectivity index (χ0) is 6.43. The Morgan fingerprint density at radius 3 is 1.67 bits per heavy atom. The van der Waals surface area contributed by atoms with Crippen molar-refractivity contribution in [2.24, 2.45) is 0 Å². The van der Waals surface area contributed by atoms with E-state index in [1.807, 2.05) is 0 Å². The van der Waals surface area contributed by atoms with Gasteiger partial charge in [-0.05, 0) is 12.8 Å². The van der Waals surface area contributed by atoms with Gasteiger partial charge in [0.2, 0.25) is 0 Å². The van der Waals surface area contributed by atoms with Crippen LogP contribution in [0.3, 0.4) is 0 Å². The molecule has 9 heavy (non-hydrogen) atoms. The maximum absolute atomic E-state index is 9.18. The van der Waals surface area contributed by atoms with Gasteiger partial charge in [0.1, 0.15) is 0 Å². The largest absolute Gasteiger partial charge is 0.389 e. The van der Waals surface area contributed by atoms with Crippen LogP contribution in [-0.2, 0) is 0 Å². The molecule has 3 N–H and O–H groups in total. The highest BCUT2D eigenvalue weighted by Crippen LogP contribution is 2.28. The van der Waals surface area contributed by atoms with Crippen LogP contribution in [0.25, 0.3) is 0 Å². The van der Waals surface area contributed by atoms with E-state index in [2.05, 4.69) is 5.32 Å². The summed E-state index contributed by atoms with van der Waals surface area (Å²) >= 11 is 0. The first-order valence-electron chi connectivity index (χ1n) is 3.41. The summed E-state index contributed by atoms with van der Waals surface area (Å²) in [7, 11) is 0. The first-order valence-corrected chi connectivity index (χ1v) is 3.41. The summed E-state index contributed by atoms with van der Waals surface area (Å²) in [5.41, 5.74) is 0. The van der Waals surface area contributed by atoms with Crippen molar-refractivity contribution in [3.8, 4) is 0 Å². The molecule has 0 aromatic rings. The molecule has 4 unspecified atom stereocenters. The van der Waals surface area contributed by atoms with Crippen LogP contribution in [0.15, 0.2) is 0 Å². The molecule has 0 aliphatic carbocycles. The smallest absolute Gasteiger partial charge is 0.0967 e. The van der Waals surface area contributed by atoms with E-state index >= 15 is 0 Å². The Hall–Kier alpha value is -0.120. The van der Waals surface area contributed by atoms with Crippen LogP contribution in [-0.4, -0.2) is 34.5 Å². The van der Waals surface area contributed by atoms with Crippen LogP contribution >= 0.6 is 0 Å². The van der Waals surface area contributed by atoms with Crippen LogP contribution in [0.5, 0.6) is 0 Å². The van der Waals surface area contributed by atoms with E-state index in [0.717, 1.165) is 12.8 Å². The molecule has 0 saturated carbocycles. The molecule has 4 atom stereocenters. The second-order valence-corrected chi connectivity index (χ2v) is 2.94. The third-order valence-corrected chi connectivity index (χ3v) is 2.39. The predicted octanol–water partition coefficient (Wildman–Crippen LogP) is -1.16. The van der Waals surface area contributed by atoms with Gasteiger partial charge in [-0.25, -0.2) is 0 Å². The minimum atomic E-state index is -0.510. The van der Waals surface area contributed by atoms with Crippen molar-refractivity contribution in [1.29, 1.82) is 0 Å². The molecule has 2 bridgehead atoms. The molecule has 2 fully saturated rings. The van der Waals surface area contributed by atoms with E-state index in [1.165, 1.54) is 0 Å². The monoisotopic (exact) mass is 129 g/mol. The average molecular weight is 129 g/mol. The zero-order valence-corrected chi connectivity index (χ0v) is 5.12. The van der Waals surface area contributed by atoms with Gasteiger partial charge in [-0.3, -0.25) is 0 Å². The Bertz CT molecular complexity index is 110. The highest BCUT2D eigenvalue weighted by atomic mass is 16.3. The number of nitrogens with one attached hydrogen (secondary N) is 1. The Balaban J connectivity index is 2.15. The summed E-state index contributed by atoms with van der Waals surface area (Å²) in [6, 6.07) is 0.343. The van der Waals surface area contributed by atoms with Crippen molar-refractivity contribution in [1.82, 2.24) is 5.32 Å². The van der Waals surface area contributed by atoms with Crippen LogP contribution in [0.2, 0.25) is 0 Å². The molecular formula is C6H11NO2. The van der Waals surface area contributed by atoms with Crippen molar-refractivity contribution >= 4 is 0 Å². The van der Waals surface area contributed by atoms with Gasteiger partial charge >= 0.3 is 0 Å². The lowest BCUT2D eigenvalue weighted by atomic mass is 9.95. The second-order valence-electron chi connectivity index (χ2n) is 2.94. The van der Waals surface area contributed by atoms with Crippen LogP contribution in [0.1, 0.15) is 12.8 Å². The number of aliphatic hydroxyl groups is 2. The molecule has 2 rings (SSSR count). The summed E-state index contributed by atoms with van der Waals surface area (Å²) in [6.45, 7) is 0. The average Bonchev–Trinajstić information content (AvgIpc) is 2.37. The number of rotatable bonds is 0. The van der Waals surface area contributed by atoms with Gasteiger partial charge in [-0.1, -0.05) is 0 Å². The Kier molecular flexibility index (Phi) is 1.06. The molecule has 52 valence electrons. The number of fused-ring (bicyclic) bond motifs is 2. The van der Waals surface area contributed by atoms with Crippen molar-refractivity contribution in [3.05, 3.63) is 0 Å². The van der Waals surface area contributed by atoms with E-state index in [0.29, 0.717) is 0 Å². The Morgan fingerprint density at radius 1 is 1.00 bits per heavy atom. The molecule has 3 nitrogen and oxygen atoms in total. The molecule has 0 aromatic heterocycles. The molecule has 0 amide bonds. The summed E-state index contributed by atoms with van der Waals surface area (Å²) in [5.74, 6) is 0. The third-order valence-electron chi connectivity index (χ3n) is 2.39.